The molecule has 0 saturated carbocycles. The third-order valence-corrected chi connectivity index (χ3v) is 3.51. The van der Waals surface area contributed by atoms with Crippen LogP contribution in [0.25, 0.3) is 11.3 Å². The number of hydrogen-bond donors (Lipinski definition) is 3. The van der Waals surface area contributed by atoms with Crippen LogP contribution in [0, 0.1) is 5.92 Å². The zero-order chi connectivity index (χ0) is 18.6. The van der Waals surface area contributed by atoms with Gasteiger partial charge in [-0.2, -0.15) is 0 Å². The molecule has 0 atom stereocenters. The average Bonchev–Trinajstić information content (AvgIpc) is 3.04. The molecular formula is C17H18N2O5S. The van der Waals surface area contributed by atoms with Crippen LogP contribution in [0.15, 0.2) is 34.7 Å². The second kappa shape index (κ2) is 7.80. The Labute approximate surface area is 150 Å². The number of methoxy groups -OCH3 is 1. The molecule has 0 unspecified atom stereocenters. The van der Waals surface area contributed by atoms with Gasteiger partial charge in [0.25, 0.3) is 0 Å². The third kappa shape index (κ3) is 4.57. The molecule has 0 bridgehead atoms. The van der Waals surface area contributed by atoms with Crippen molar-refractivity contribution >= 4 is 34.9 Å². The molecule has 0 aliphatic carbocycles. The summed E-state index contributed by atoms with van der Waals surface area (Å²) in [4.78, 5) is 22.6. The first-order valence-corrected chi connectivity index (χ1v) is 7.86. The van der Waals surface area contributed by atoms with Gasteiger partial charge in [-0.05, 0) is 42.5 Å². The molecular weight excluding hydrogens is 344 g/mol. The van der Waals surface area contributed by atoms with Gasteiger partial charge >= 0.3 is 5.97 Å². The number of thiocarbonyl (C=S) groups is 1. The van der Waals surface area contributed by atoms with Gasteiger partial charge in [0.2, 0.25) is 11.7 Å². The quantitative estimate of drug-likeness (QED) is 0.703. The highest BCUT2D eigenvalue weighted by Crippen LogP contribution is 2.31. The molecule has 2 rings (SSSR count). The van der Waals surface area contributed by atoms with Gasteiger partial charge < -0.3 is 24.9 Å². The van der Waals surface area contributed by atoms with Crippen LogP contribution in [0.3, 0.4) is 0 Å². The Kier molecular flexibility index (Phi) is 5.76. The number of aromatic carboxylic acids is 1. The number of benzene rings is 1. The highest BCUT2D eigenvalue weighted by Gasteiger charge is 2.14. The fraction of sp³-hybridized carbons (Fsp3) is 0.235. The minimum absolute atomic E-state index is 0.139. The van der Waals surface area contributed by atoms with E-state index in [0.717, 1.165) is 0 Å². The maximum absolute atomic E-state index is 11.7. The van der Waals surface area contributed by atoms with E-state index in [1.54, 1.807) is 38.1 Å². The number of carbonyl (C=O) groups excluding carboxylic acids is 1. The van der Waals surface area contributed by atoms with E-state index in [0.29, 0.717) is 22.8 Å². The van der Waals surface area contributed by atoms with E-state index >= 15 is 0 Å². The number of ether oxygens (including phenoxy) is 1. The fourth-order valence-electron chi connectivity index (χ4n) is 1.98. The molecule has 3 N–H and O–H groups in total. The molecule has 7 nitrogen and oxygen atoms in total. The molecule has 0 saturated heterocycles. The van der Waals surface area contributed by atoms with Gasteiger partial charge in [-0.1, -0.05) is 13.8 Å². The summed E-state index contributed by atoms with van der Waals surface area (Å²) in [5.74, 6) is -0.804. The normalized spacial score (nSPS) is 10.4. The predicted molar refractivity (Wildman–Crippen MR) is 96.9 cm³/mol. The predicted octanol–water partition coefficient (Wildman–Crippen LogP) is 3.12. The standard InChI is InChI=1S/C17H18N2O5S/c1-9(2)15(20)19-17(25)18-11-8-10(4-5-13(11)23-3)12-6-7-14(24-12)16(21)22/h4-9H,1-3H3,(H,21,22)(H2,18,19,20,25). The van der Waals surface area contributed by atoms with E-state index in [2.05, 4.69) is 10.6 Å². The zero-order valence-electron chi connectivity index (χ0n) is 14.0. The lowest BCUT2D eigenvalue weighted by Gasteiger charge is -2.14. The van der Waals surface area contributed by atoms with Crippen molar-refractivity contribution in [3.63, 3.8) is 0 Å². The van der Waals surface area contributed by atoms with Gasteiger partial charge in [0, 0.05) is 11.5 Å². The molecule has 0 radical (unpaired) electrons. The summed E-state index contributed by atoms with van der Waals surface area (Å²) in [6.07, 6.45) is 0. The topological polar surface area (TPSA) is 101 Å². The lowest BCUT2D eigenvalue weighted by Crippen LogP contribution is -2.36. The first-order valence-electron chi connectivity index (χ1n) is 7.45. The van der Waals surface area contributed by atoms with E-state index in [-0.39, 0.29) is 22.7 Å². The molecule has 1 heterocycles. The summed E-state index contributed by atoms with van der Waals surface area (Å²) in [7, 11) is 1.51. The summed E-state index contributed by atoms with van der Waals surface area (Å²) in [6.45, 7) is 3.52. The van der Waals surface area contributed by atoms with Crippen molar-refractivity contribution in [1.82, 2.24) is 5.32 Å². The van der Waals surface area contributed by atoms with Crippen LogP contribution in [0.2, 0.25) is 0 Å². The van der Waals surface area contributed by atoms with Crippen LogP contribution in [0.5, 0.6) is 5.75 Å². The number of amides is 1. The van der Waals surface area contributed by atoms with E-state index < -0.39 is 5.97 Å². The highest BCUT2D eigenvalue weighted by atomic mass is 32.1. The Hall–Kier alpha value is -2.87. The first kappa shape index (κ1) is 18.5. The number of nitrogens with one attached hydrogen (secondary N) is 2. The lowest BCUT2D eigenvalue weighted by atomic mass is 10.1. The molecule has 0 fully saturated rings. The number of carboxylic acid groups (broad SMARTS) is 1. The molecule has 0 aliphatic heterocycles. The molecule has 0 spiro atoms. The second-order valence-corrected chi connectivity index (χ2v) is 5.89. The fourth-order valence-corrected chi connectivity index (χ4v) is 2.19. The maximum atomic E-state index is 11.7. The van der Waals surface area contributed by atoms with Crippen molar-refractivity contribution in [3.8, 4) is 17.1 Å². The Balaban J connectivity index is 2.25. The van der Waals surface area contributed by atoms with Gasteiger partial charge in [-0.15, -0.1) is 0 Å². The number of anilines is 1. The van der Waals surface area contributed by atoms with E-state index in [9.17, 15) is 9.59 Å². The number of carboxylic acids is 1. The molecule has 1 amide bonds. The van der Waals surface area contributed by atoms with E-state index in [1.807, 2.05) is 0 Å². The molecule has 1 aromatic carbocycles. The Morgan fingerprint density at radius 2 is 1.96 bits per heavy atom. The monoisotopic (exact) mass is 362 g/mol. The zero-order valence-corrected chi connectivity index (χ0v) is 14.8. The van der Waals surface area contributed by atoms with Crippen LogP contribution in [0.1, 0.15) is 24.4 Å². The number of furan rings is 1. The van der Waals surface area contributed by atoms with Crippen LogP contribution in [-0.2, 0) is 4.79 Å². The number of rotatable bonds is 5. The molecule has 2 aromatic rings. The van der Waals surface area contributed by atoms with Gasteiger partial charge in [-0.25, -0.2) is 4.79 Å². The van der Waals surface area contributed by atoms with Crippen molar-refractivity contribution in [1.29, 1.82) is 0 Å². The largest absolute Gasteiger partial charge is 0.495 e. The van der Waals surface area contributed by atoms with Crippen molar-refractivity contribution in [2.75, 3.05) is 12.4 Å². The third-order valence-electron chi connectivity index (χ3n) is 3.31. The molecule has 8 heteroatoms. The van der Waals surface area contributed by atoms with E-state index in [1.165, 1.54) is 13.2 Å². The van der Waals surface area contributed by atoms with Crippen molar-refractivity contribution in [3.05, 3.63) is 36.1 Å². The summed E-state index contributed by atoms with van der Waals surface area (Å²) >= 11 is 5.14. The smallest absolute Gasteiger partial charge is 0.371 e. The van der Waals surface area contributed by atoms with Gasteiger partial charge in [0.1, 0.15) is 11.5 Å². The summed E-state index contributed by atoms with van der Waals surface area (Å²) in [5, 5.41) is 14.6. The van der Waals surface area contributed by atoms with E-state index in [4.69, 9.17) is 26.5 Å². The Bertz CT molecular complexity index is 813. The number of hydrogen-bond acceptors (Lipinski definition) is 5. The molecule has 25 heavy (non-hydrogen) atoms. The molecule has 1 aromatic heterocycles. The van der Waals surface area contributed by atoms with Crippen LogP contribution in [-0.4, -0.2) is 29.2 Å². The second-order valence-electron chi connectivity index (χ2n) is 5.48. The minimum Gasteiger partial charge on any atom is -0.495 e. The first-order chi connectivity index (χ1) is 11.8. The van der Waals surface area contributed by atoms with Crippen LogP contribution in [0.4, 0.5) is 5.69 Å². The lowest BCUT2D eigenvalue weighted by molar-refractivity contribution is -0.122. The van der Waals surface area contributed by atoms with Crippen molar-refractivity contribution in [2.45, 2.75) is 13.8 Å². The average molecular weight is 362 g/mol. The number of carbonyl (C=O) groups is 2. The van der Waals surface area contributed by atoms with Gasteiger partial charge in [-0.3, -0.25) is 4.79 Å². The minimum atomic E-state index is -1.14. The van der Waals surface area contributed by atoms with Crippen LogP contribution < -0.4 is 15.4 Å². The van der Waals surface area contributed by atoms with Gasteiger partial charge in [0.05, 0.1) is 12.8 Å². The summed E-state index contributed by atoms with van der Waals surface area (Å²) < 4.78 is 10.6. The van der Waals surface area contributed by atoms with Crippen molar-refractivity contribution < 1.29 is 23.8 Å². The van der Waals surface area contributed by atoms with Crippen LogP contribution >= 0.6 is 12.2 Å². The Morgan fingerprint density at radius 1 is 1.24 bits per heavy atom. The maximum Gasteiger partial charge on any atom is 0.371 e. The summed E-state index contributed by atoms with van der Waals surface area (Å²) in [5.41, 5.74) is 1.15. The molecule has 132 valence electrons. The SMILES string of the molecule is COc1ccc(-c2ccc(C(=O)O)o2)cc1NC(=S)NC(=O)C(C)C. The summed E-state index contributed by atoms with van der Waals surface area (Å²) in [6, 6.07) is 8.05. The van der Waals surface area contributed by atoms with Crippen molar-refractivity contribution in [2.24, 2.45) is 5.92 Å². The van der Waals surface area contributed by atoms with Gasteiger partial charge in [0.15, 0.2) is 5.11 Å². The molecule has 0 aliphatic rings. The Morgan fingerprint density at radius 3 is 2.52 bits per heavy atom. The highest BCUT2D eigenvalue weighted by molar-refractivity contribution is 7.80.